The summed E-state index contributed by atoms with van der Waals surface area (Å²) in [4.78, 5) is 13.1. The lowest BCUT2D eigenvalue weighted by atomic mass is 9.86. The highest BCUT2D eigenvalue weighted by Crippen LogP contribution is 2.43. The normalized spacial score (nSPS) is 22.6. The number of rotatable bonds is 5. The van der Waals surface area contributed by atoms with Crippen LogP contribution in [-0.2, 0) is 15.4 Å². The number of anilines is 2. The molecule has 0 amide bonds. The lowest BCUT2D eigenvalue weighted by Gasteiger charge is -2.36. The van der Waals surface area contributed by atoms with Crippen molar-refractivity contribution in [3.8, 4) is 16.9 Å². The summed E-state index contributed by atoms with van der Waals surface area (Å²) in [6, 6.07) is 14.7. The van der Waals surface area contributed by atoms with E-state index in [0.717, 1.165) is 12.3 Å². The van der Waals surface area contributed by atoms with Gasteiger partial charge in [0.2, 0.25) is 0 Å². The topological polar surface area (TPSA) is 120 Å². The van der Waals surface area contributed by atoms with Gasteiger partial charge in [-0.1, -0.05) is 24.3 Å². The van der Waals surface area contributed by atoms with E-state index in [1.165, 1.54) is 6.07 Å². The predicted octanol–water partition coefficient (Wildman–Crippen LogP) is 4.87. The number of halogens is 2. The molecule has 0 radical (unpaired) electrons. The van der Waals surface area contributed by atoms with Crippen molar-refractivity contribution in [3.63, 3.8) is 0 Å². The van der Waals surface area contributed by atoms with Crippen molar-refractivity contribution < 1.29 is 21.9 Å². The molecule has 2 atom stereocenters. The highest BCUT2D eigenvalue weighted by Gasteiger charge is 2.53. The molecule has 2 aromatic carbocycles. The average molecular weight is 538 g/mol. The van der Waals surface area contributed by atoms with Gasteiger partial charge >= 0.3 is 0 Å². The van der Waals surface area contributed by atoms with Crippen LogP contribution < -0.4 is 15.8 Å². The van der Waals surface area contributed by atoms with Gasteiger partial charge in [-0.15, -0.1) is 0 Å². The van der Waals surface area contributed by atoms with Gasteiger partial charge in [-0.3, -0.25) is 4.99 Å². The second kappa shape index (κ2) is 9.02. The van der Waals surface area contributed by atoms with E-state index in [1.54, 1.807) is 68.9 Å². The van der Waals surface area contributed by atoms with Gasteiger partial charge in [0.1, 0.15) is 22.9 Å². The zero-order valence-corrected chi connectivity index (χ0v) is 21.7. The molecule has 0 unspecified atom stereocenters. The number of benzene rings is 2. The Morgan fingerprint density at radius 3 is 2.53 bits per heavy atom. The molecule has 0 spiro atoms. The molecule has 3 heterocycles. The lowest BCUT2D eigenvalue weighted by Crippen LogP contribution is -2.54. The van der Waals surface area contributed by atoms with Gasteiger partial charge in [0.15, 0.2) is 15.7 Å². The maximum atomic E-state index is 15.0. The van der Waals surface area contributed by atoms with Gasteiger partial charge in [0.05, 0.1) is 24.6 Å². The number of hydrogen-bond donors (Lipinski definition) is 2. The number of aliphatic imine (C=N–C) groups is 1. The number of aromatic nitrogens is 2. The zero-order valence-electron chi connectivity index (χ0n) is 20.9. The van der Waals surface area contributed by atoms with Crippen LogP contribution in [0.4, 0.5) is 20.3 Å². The number of ether oxygens (including phenoxy) is 1. The van der Waals surface area contributed by atoms with Gasteiger partial charge in [-0.25, -0.2) is 27.2 Å². The van der Waals surface area contributed by atoms with E-state index in [2.05, 4.69) is 20.3 Å². The van der Waals surface area contributed by atoms with Crippen LogP contribution in [0.3, 0.4) is 0 Å². The molecular weight excluding hydrogens is 512 g/mol. The Morgan fingerprint density at radius 2 is 1.82 bits per heavy atom. The highest BCUT2D eigenvalue weighted by atomic mass is 32.2. The fourth-order valence-corrected chi connectivity index (χ4v) is 6.16. The number of alkyl halides is 1. The minimum Gasteiger partial charge on any atom is -0.495 e. The van der Waals surface area contributed by atoms with Crippen LogP contribution in [0.25, 0.3) is 22.0 Å². The summed E-state index contributed by atoms with van der Waals surface area (Å²) in [7, 11) is -2.80. The van der Waals surface area contributed by atoms with Crippen LogP contribution in [0.1, 0.15) is 19.4 Å². The van der Waals surface area contributed by atoms with E-state index in [9.17, 15) is 12.8 Å². The van der Waals surface area contributed by atoms with Crippen LogP contribution in [-0.4, -0.2) is 42.1 Å². The summed E-state index contributed by atoms with van der Waals surface area (Å²) in [6.45, 7) is 2.42. The lowest BCUT2D eigenvalue weighted by molar-refractivity contribution is 0.357. The summed E-state index contributed by atoms with van der Waals surface area (Å²) < 4.78 is 61.0. The number of nitrogens with one attached hydrogen (secondary N) is 1. The average Bonchev–Trinajstić information content (AvgIpc) is 2.87. The van der Waals surface area contributed by atoms with Crippen LogP contribution in [0.15, 0.2) is 72.0 Å². The summed E-state index contributed by atoms with van der Waals surface area (Å²) in [5, 5.41) is 1.19. The maximum Gasteiger partial charge on any atom is 0.263 e. The van der Waals surface area contributed by atoms with Crippen molar-refractivity contribution in [1.29, 1.82) is 0 Å². The first-order valence-corrected chi connectivity index (χ1v) is 13.3. The molecule has 0 aliphatic carbocycles. The smallest absolute Gasteiger partial charge is 0.263 e. The van der Waals surface area contributed by atoms with Crippen molar-refractivity contribution in [1.82, 2.24) is 9.97 Å². The first kappa shape index (κ1) is 25.5. The highest BCUT2D eigenvalue weighted by molar-refractivity contribution is 7.93. The summed E-state index contributed by atoms with van der Waals surface area (Å²) >= 11 is 0. The fourth-order valence-electron chi connectivity index (χ4n) is 4.56. The number of nitrogens with zero attached hydrogens (tertiary/aromatic N) is 3. The monoisotopic (exact) mass is 537 g/mol. The molecule has 11 heteroatoms. The van der Waals surface area contributed by atoms with E-state index in [1.807, 2.05) is 6.07 Å². The van der Waals surface area contributed by atoms with Crippen molar-refractivity contribution in [3.05, 3.63) is 78.4 Å². The Balaban J connectivity index is 1.68. The van der Waals surface area contributed by atoms with Gasteiger partial charge < -0.3 is 15.8 Å². The molecule has 5 rings (SSSR count). The Labute approximate surface area is 218 Å². The van der Waals surface area contributed by atoms with Crippen molar-refractivity contribution in [2.45, 2.75) is 24.4 Å². The number of fused-ring (bicyclic) bond motifs is 1. The number of amidine groups is 1. The molecule has 0 bridgehead atoms. The number of pyridine rings is 2. The minimum absolute atomic E-state index is 0.243. The molecule has 38 heavy (non-hydrogen) atoms. The number of nitrogens with two attached hydrogens (primary N) is 1. The van der Waals surface area contributed by atoms with E-state index < -0.39 is 37.8 Å². The summed E-state index contributed by atoms with van der Waals surface area (Å²) in [6.07, 6.45) is 3.18. The van der Waals surface area contributed by atoms with E-state index in [4.69, 9.17) is 10.5 Å². The van der Waals surface area contributed by atoms with Gasteiger partial charge in [-0.05, 0) is 55.3 Å². The fraction of sp³-hybridized carbons (Fsp3) is 0.222. The molecule has 8 nitrogen and oxygen atoms in total. The van der Waals surface area contributed by atoms with Gasteiger partial charge in [-0.2, -0.15) is 0 Å². The summed E-state index contributed by atoms with van der Waals surface area (Å²) in [5.41, 5.74) is 6.43. The quantitative estimate of drug-likeness (QED) is 0.373. The van der Waals surface area contributed by atoms with Crippen molar-refractivity contribution >= 4 is 38.1 Å². The molecule has 0 saturated carbocycles. The van der Waals surface area contributed by atoms with Crippen molar-refractivity contribution in [2.75, 3.05) is 18.2 Å². The second-order valence-corrected chi connectivity index (χ2v) is 11.7. The van der Waals surface area contributed by atoms with Crippen LogP contribution in [0.2, 0.25) is 0 Å². The van der Waals surface area contributed by atoms with Crippen LogP contribution in [0, 0.1) is 5.82 Å². The number of methoxy groups -OCH3 is 1. The summed E-state index contributed by atoms with van der Waals surface area (Å²) in [5.74, 6) is -0.786. The first-order chi connectivity index (χ1) is 17.9. The van der Waals surface area contributed by atoms with Crippen LogP contribution >= 0.6 is 0 Å². The van der Waals surface area contributed by atoms with E-state index >= 15 is 4.39 Å². The predicted molar refractivity (Wildman–Crippen MR) is 143 cm³/mol. The molecular formula is C27H25F2N5O3S. The molecule has 2 aromatic heterocycles. The Hall–Kier alpha value is -4.12. The third-order valence-corrected chi connectivity index (χ3v) is 9.04. The number of hydrogen-bond acceptors (Lipinski definition) is 8. The molecule has 3 N–H and O–H groups in total. The van der Waals surface area contributed by atoms with E-state index in [0.29, 0.717) is 33.9 Å². The van der Waals surface area contributed by atoms with Gasteiger partial charge in [0, 0.05) is 22.8 Å². The minimum atomic E-state index is -4.35. The van der Waals surface area contributed by atoms with Gasteiger partial charge in [0.25, 0.3) is 5.00 Å². The van der Waals surface area contributed by atoms with Crippen LogP contribution in [0.5, 0.6) is 5.75 Å². The molecule has 196 valence electrons. The Kier molecular flexibility index (Phi) is 6.06. The SMILES string of the molecule is COc1cnc2c(Nc3ccc(-c4ccccc4F)c([C@]4(C)CS(=O)(=O)[C@@](C)(F)C(N)=N4)c3)nccc2c1. The largest absolute Gasteiger partial charge is 0.495 e. The third kappa shape index (κ3) is 4.22. The zero-order chi connectivity index (χ0) is 27.3. The molecule has 1 aliphatic rings. The molecule has 1 aliphatic heterocycles. The third-order valence-electron chi connectivity index (χ3n) is 6.72. The molecule has 4 aromatic rings. The number of sulfone groups is 1. The Morgan fingerprint density at radius 1 is 1.05 bits per heavy atom. The molecule has 0 fully saturated rings. The second-order valence-electron chi connectivity index (χ2n) is 9.42. The van der Waals surface area contributed by atoms with Crippen molar-refractivity contribution in [2.24, 2.45) is 10.7 Å². The standard InChI is InChI=1S/C27H25F2N5O3S/c1-26(15-38(35,36)27(2,29)25(30)34-26)21-13-17(8-9-19(21)20-6-4-5-7-22(20)28)33-24-23-16(10-11-31-24)12-18(37-3)14-32-23/h4-14H,15H2,1-3H3,(H2,30,34)(H,31,33)/t26-,27+/m0/s1. The Bertz CT molecular complexity index is 1710. The molecule has 0 saturated heterocycles. The van der Waals surface area contributed by atoms with E-state index in [-0.39, 0.29) is 5.56 Å². The maximum absolute atomic E-state index is 15.0. The first-order valence-electron chi connectivity index (χ1n) is 11.7.